The van der Waals surface area contributed by atoms with Gasteiger partial charge < -0.3 is 14.9 Å². The highest BCUT2D eigenvalue weighted by Gasteiger charge is 2.17. The molecule has 0 unspecified atom stereocenters. The van der Waals surface area contributed by atoms with Gasteiger partial charge in [-0.1, -0.05) is 0 Å². The number of nitrogens with zero attached hydrogens (tertiary/aromatic N) is 3. The first kappa shape index (κ1) is 13.0. The van der Waals surface area contributed by atoms with E-state index in [2.05, 4.69) is 20.5 Å². The van der Waals surface area contributed by atoms with Crippen molar-refractivity contribution in [1.29, 1.82) is 0 Å². The first-order valence-corrected chi connectivity index (χ1v) is 5.83. The molecule has 0 aromatic carbocycles. The number of amides is 1. The van der Waals surface area contributed by atoms with Crippen LogP contribution in [0.25, 0.3) is 0 Å². The molecule has 2 heterocycles. The van der Waals surface area contributed by atoms with E-state index in [4.69, 9.17) is 0 Å². The molecule has 2 aromatic heterocycles. The van der Waals surface area contributed by atoms with Gasteiger partial charge in [0.05, 0.1) is 6.04 Å². The molecule has 7 heteroatoms. The fourth-order valence-electron chi connectivity index (χ4n) is 1.77. The highest BCUT2D eigenvalue weighted by atomic mass is 16.2. The lowest BCUT2D eigenvalue weighted by Crippen LogP contribution is -2.32. The number of aromatic amines is 1. The zero-order valence-electron chi connectivity index (χ0n) is 11.0. The summed E-state index contributed by atoms with van der Waals surface area (Å²) in [6.07, 6.45) is 1.55. The van der Waals surface area contributed by atoms with Crippen LogP contribution in [0.2, 0.25) is 0 Å². The molecule has 0 spiro atoms. The van der Waals surface area contributed by atoms with Crippen molar-refractivity contribution in [1.82, 2.24) is 25.1 Å². The Morgan fingerprint density at radius 3 is 2.79 bits per heavy atom. The Hall–Kier alpha value is -2.44. The van der Waals surface area contributed by atoms with Crippen molar-refractivity contribution in [2.75, 3.05) is 0 Å². The third-order valence-electron chi connectivity index (χ3n) is 2.78. The number of H-pyrrole nitrogens is 1. The van der Waals surface area contributed by atoms with Crippen LogP contribution in [-0.2, 0) is 7.05 Å². The quantitative estimate of drug-likeness (QED) is 0.831. The van der Waals surface area contributed by atoms with Crippen LogP contribution >= 0.6 is 0 Å². The molecule has 0 aliphatic rings. The Bertz CT molecular complexity index is 658. The van der Waals surface area contributed by atoms with Crippen LogP contribution in [0.3, 0.4) is 0 Å². The van der Waals surface area contributed by atoms with Crippen molar-refractivity contribution in [3.8, 4) is 0 Å². The summed E-state index contributed by atoms with van der Waals surface area (Å²) < 4.78 is 1.71. The summed E-state index contributed by atoms with van der Waals surface area (Å²) in [6, 6.07) is 2.86. The van der Waals surface area contributed by atoms with E-state index in [-0.39, 0.29) is 11.6 Å². The number of aromatic nitrogens is 4. The van der Waals surface area contributed by atoms with Gasteiger partial charge in [0.1, 0.15) is 11.9 Å². The topological polar surface area (TPSA) is 92.7 Å². The molecule has 0 radical (unpaired) electrons. The summed E-state index contributed by atoms with van der Waals surface area (Å²) in [5.74, 6) is 0.189. The molecule has 0 aliphatic heterocycles. The molecule has 1 amide bonds. The maximum atomic E-state index is 12.0. The van der Waals surface area contributed by atoms with E-state index >= 15 is 0 Å². The van der Waals surface area contributed by atoms with Crippen LogP contribution in [0.5, 0.6) is 0 Å². The number of hydrogen-bond acceptors (Lipinski definition) is 4. The van der Waals surface area contributed by atoms with Crippen LogP contribution in [0.4, 0.5) is 0 Å². The molecule has 2 N–H and O–H groups in total. The van der Waals surface area contributed by atoms with Crippen LogP contribution in [0.15, 0.2) is 23.3 Å². The molecule has 2 aromatic rings. The summed E-state index contributed by atoms with van der Waals surface area (Å²) in [6.45, 7) is 3.54. The van der Waals surface area contributed by atoms with Crippen LogP contribution in [0, 0.1) is 6.92 Å². The fourth-order valence-corrected chi connectivity index (χ4v) is 1.77. The smallest absolute Gasteiger partial charge is 0.260 e. The Kier molecular flexibility index (Phi) is 3.46. The summed E-state index contributed by atoms with van der Waals surface area (Å²) >= 11 is 0. The van der Waals surface area contributed by atoms with Gasteiger partial charge in [0, 0.05) is 12.7 Å². The highest BCUT2D eigenvalue weighted by molar-refractivity contribution is 5.93. The number of hydrogen-bond donors (Lipinski definition) is 2. The lowest BCUT2D eigenvalue weighted by Gasteiger charge is -2.12. The molecule has 0 bridgehead atoms. The fraction of sp³-hybridized carbons (Fsp3) is 0.333. The second-order valence-electron chi connectivity index (χ2n) is 4.38. The van der Waals surface area contributed by atoms with E-state index in [1.165, 1.54) is 6.07 Å². The average molecular weight is 261 g/mol. The standard InChI is InChI=1S/C12H15N5O2/c1-7-4-5-9(11(18)14-7)12(19)15-8(2)10-16-13-6-17(10)3/h4-6,8H,1-3H3,(H,14,18)(H,15,19)/t8-/m0/s1. The van der Waals surface area contributed by atoms with E-state index in [1.54, 1.807) is 37.9 Å². The molecular weight excluding hydrogens is 246 g/mol. The van der Waals surface area contributed by atoms with Crippen molar-refractivity contribution < 1.29 is 4.79 Å². The maximum Gasteiger partial charge on any atom is 0.260 e. The summed E-state index contributed by atoms with van der Waals surface area (Å²) in [5.41, 5.74) is 0.394. The minimum Gasteiger partial charge on any atom is -0.342 e. The Balaban J connectivity index is 2.18. The van der Waals surface area contributed by atoms with E-state index in [0.29, 0.717) is 11.5 Å². The van der Waals surface area contributed by atoms with Crippen molar-refractivity contribution in [3.05, 3.63) is 45.9 Å². The van der Waals surface area contributed by atoms with Crippen molar-refractivity contribution in [2.45, 2.75) is 19.9 Å². The van der Waals surface area contributed by atoms with E-state index in [9.17, 15) is 9.59 Å². The summed E-state index contributed by atoms with van der Waals surface area (Å²) in [5, 5.41) is 10.4. The third-order valence-corrected chi connectivity index (χ3v) is 2.78. The lowest BCUT2D eigenvalue weighted by atomic mass is 10.2. The molecule has 0 saturated carbocycles. The van der Waals surface area contributed by atoms with Crippen molar-refractivity contribution >= 4 is 5.91 Å². The van der Waals surface area contributed by atoms with Gasteiger partial charge >= 0.3 is 0 Å². The molecule has 7 nitrogen and oxygen atoms in total. The predicted octanol–water partition coefficient (Wildman–Crippen LogP) is 0.303. The monoisotopic (exact) mass is 261 g/mol. The minimum atomic E-state index is -0.434. The summed E-state index contributed by atoms with van der Waals surface area (Å²) in [7, 11) is 1.79. The third kappa shape index (κ3) is 2.70. The van der Waals surface area contributed by atoms with Gasteiger partial charge in [0.15, 0.2) is 5.82 Å². The molecular formula is C12H15N5O2. The lowest BCUT2D eigenvalue weighted by molar-refractivity contribution is 0.0936. The van der Waals surface area contributed by atoms with Gasteiger partial charge in [0.2, 0.25) is 0 Å². The Morgan fingerprint density at radius 1 is 1.47 bits per heavy atom. The Labute approximate surface area is 109 Å². The number of carbonyl (C=O) groups is 1. The SMILES string of the molecule is Cc1ccc(C(=O)N[C@@H](C)c2nncn2C)c(=O)[nH]1. The normalized spacial score (nSPS) is 12.2. The van der Waals surface area contributed by atoms with E-state index in [1.807, 2.05) is 0 Å². The molecule has 0 fully saturated rings. The van der Waals surface area contributed by atoms with Gasteiger partial charge in [-0.05, 0) is 26.0 Å². The van der Waals surface area contributed by atoms with Gasteiger partial charge in [-0.2, -0.15) is 0 Å². The predicted molar refractivity (Wildman–Crippen MR) is 68.7 cm³/mol. The molecule has 100 valence electrons. The second-order valence-corrected chi connectivity index (χ2v) is 4.38. The number of pyridine rings is 1. The maximum absolute atomic E-state index is 12.0. The molecule has 19 heavy (non-hydrogen) atoms. The molecule has 0 saturated heterocycles. The van der Waals surface area contributed by atoms with Crippen LogP contribution in [0.1, 0.15) is 34.8 Å². The average Bonchev–Trinajstić information content (AvgIpc) is 2.75. The van der Waals surface area contributed by atoms with Crippen molar-refractivity contribution in [2.24, 2.45) is 7.05 Å². The second kappa shape index (κ2) is 5.05. The molecule has 2 rings (SSSR count). The largest absolute Gasteiger partial charge is 0.342 e. The minimum absolute atomic E-state index is 0.0830. The zero-order valence-corrected chi connectivity index (χ0v) is 11.0. The van der Waals surface area contributed by atoms with Crippen LogP contribution < -0.4 is 10.9 Å². The van der Waals surface area contributed by atoms with E-state index in [0.717, 1.165) is 0 Å². The summed E-state index contributed by atoms with van der Waals surface area (Å²) in [4.78, 5) is 26.3. The Morgan fingerprint density at radius 2 is 2.21 bits per heavy atom. The number of rotatable bonds is 3. The van der Waals surface area contributed by atoms with E-state index < -0.39 is 11.5 Å². The number of nitrogens with one attached hydrogen (secondary N) is 2. The zero-order chi connectivity index (χ0) is 14.0. The molecule has 1 atom stereocenters. The highest BCUT2D eigenvalue weighted by Crippen LogP contribution is 2.07. The van der Waals surface area contributed by atoms with Gasteiger partial charge in [0.25, 0.3) is 11.5 Å². The number of aryl methyl sites for hydroxylation is 2. The first-order chi connectivity index (χ1) is 8.99. The van der Waals surface area contributed by atoms with Gasteiger partial charge in [-0.25, -0.2) is 0 Å². The van der Waals surface area contributed by atoms with Crippen LogP contribution in [-0.4, -0.2) is 25.7 Å². The molecule has 0 aliphatic carbocycles. The van der Waals surface area contributed by atoms with Gasteiger partial charge in [-0.3, -0.25) is 9.59 Å². The first-order valence-electron chi connectivity index (χ1n) is 5.83. The van der Waals surface area contributed by atoms with Gasteiger partial charge in [-0.15, -0.1) is 10.2 Å². The van der Waals surface area contributed by atoms with Crippen molar-refractivity contribution in [3.63, 3.8) is 0 Å². The number of carbonyl (C=O) groups excluding carboxylic acids is 1.